The Bertz CT molecular complexity index is 1030. The van der Waals surface area contributed by atoms with Crippen LogP contribution in [0.4, 0.5) is 0 Å². The van der Waals surface area contributed by atoms with Crippen LogP contribution in [0, 0.1) is 0 Å². The number of aromatic amines is 1. The topological polar surface area (TPSA) is 54.1 Å². The van der Waals surface area contributed by atoms with Crippen LogP contribution in [0.25, 0.3) is 16.5 Å². The van der Waals surface area contributed by atoms with Crippen molar-refractivity contribution >= 4 is 34.2 Å². The highest BCUT2D eigenvalue weighted by Gasteiger charge is 2.16. The van der Waals surface area contributed by atoms with Gasteiger partial charge in [-0.05, 0) is 60.4 Å². The van der Waals surface area contributed by atoms with Crippen molar-refractivity contribution in [3.05, 3.63) is 77.5 Å². The Labute approximate surface area is 182 Å². The third kappa shape index (κ3) is 4.97. The first kappa shape index (κ1) is 20.8. The van der Waals surface area contributed by atoms with Gasteiger partial charge in [-0.3, -0.25) is 0 Å². The lowest BCUT2D eigenvalue weighted by Crippen LogP contribution is -2.33. The first-order valence-electron chi connectivity index (χ1n) is 10.6. The smallest absolute Gasteiger partial charge is 0.338 e. The average Bonchev–Trinajstić information content (AvgIpc) is 3.20. The van der Waals surface area contributed by atoms with Crippen LogP contribution in [-0.2, 0) is 10.5 Å². The number of aromatic nitrogens is 1. The molecule has 4 nitrogen and oxygen atoms in total. The summed E-state index contributed by atoms with van der Waals surface area (Å²) in [6, 6.07) is 16.9. The van der Waals surface area contributed by atoms with Gasteiger partial charge in [-0.1, -0.05) is 36.4 Å². The SMILES string of the molecule is CCOC(=O)c1ccc2[nH]cc(CSCCC3CC(c4ccccc4)=CCN3)c2c1. The summed E-state index contributed by atoms with van der Waals surface area (Å²) in [6.07, 6.45) is 6.60. The van der Waals surface area contributed by atoms with E-state index >= 15 is 0 Å². The Kier molecular flexibility index (Phi) is 6.92. The molecule has 0 radical (unpaired) electrons. The fourth-order valence-corrected chi connectivity index (χ4v) is 4.96. The molecule has 2 heterocycles. The number of thioether (sulfide) groups is 1. The number of H-pyrrole nitrogens is 1. The molecule has 1 aromatic heterocycles. The summed E-state index contributed by atoms with van der Waals surface area (Å²) in [5.74, 6) is 1.77. The van der Waals surface area contributed by atoms with Crippen molar-refractivity contribution in [3.63, 3.8) is 0 Å². The van der Waals surface area contributed by atoms with Gasteiger partial charge in [-0.2, -0.15) is 11.8 Å². The van der Waals surface area contributed by atoms with Crippen molar-refractivity contribution in [3.8, 4) is 0 Å². The quantitative estimate of drug-likeness (QED) is 0.378. The van der Waals surface area contributed by atoms with Crippen LogP contribution < -0.4 is 5.32 Å². The number of ether oxygens (including phenoxy) is 1. The van der Waals surface area contributed by atoms with E-state index in [1.807, 2.05) is 36.9 Å². The second-order valence-electron chi connectivity index (χ2n) is 7.54. The van der Waals surface area contributed by atoms with Crippen LogP contribution in [0.2, 0.25) is 0 Å². The maximum atomic E-state index is 12.0. The van der Waals surface area contributed by atoms with Crippen molar-refractivity contribution in [2.45, 2.75) is 31.6 Å². The van der Waals surface area contributed by atoms with Gasteiger partial charge < -0.3 is 15.0 Å². The number of nitrogens with one attached hydrogen (secondary N) is 2. The minimum atomic E-state index is -0.259. The lowest BCUT2D eigenvalue weighted by molar-refractivity contribution is 0.0526. The maximum absolute atomic E-state index is 12.0. The van der Waals surface area contributed by atoms with E-state index in [1.54, 1.807) is 0 Å². The van der Waals surface area contributed by atoms with E-state index in [1.165, 1.54) is 16.7 Å². The summed E-state index contributed by atoms with van der Waals surface area (Å²) in [4.78, 5) is 15.4. The highest BCUT2D eigenvalue weighted by atomic mass is 32.2. The first-order chi connectivity index (χ1) is 14.7. The highest BCUT2D eigenvalue weighted by Crippen LogP contribution is 2.27. The predicted molar refractivity (Wildman–Crippen MR) is 126 cm³/mol. The van der Waals surface area contributed by atoms with Gasteiger partial charge in [0, 0.05) is 35.4 Å². The molecule has 0 aliphatic carbocycles. The molecule has 0 amide bonds. The third-order valence-corrected chi connectivity index (χ3v) is 6.55. The van der Waals surface area contributed by atoms with E-state index in [0.717, 1.165) is 41.8 Å². The van der Waals surface area contributed by atoms with Crippen molar-refractivity contribution < 1.29 is 9.53 Å². The monoisotopic (exact) mass is 420 g/mol. The lowest BCUT2D eigenvalue weighted by atomic mass is 9.94. The highest BCUT2D eigenvalue weighted by molar-refractivity contribution is 7.98. The Hall–Kier alpha value is -2.50. The van der Waals surface area contributed by atoms with Gasteiger partial charge >= 0.3 is 5.97 Å². The van der Waals surface area contributed by atoms with Gasteiger partial charge in [-0.15, -0.1) is 0 Å². The molecule has 1 atom stereocenters. The molecule has 2 aromatic carbocycles. The standard InChI is InChI=1S/C25H28N2O2S/c1-2-29-25(28)20-8-9-24-23(15-20)21(16-27-24)17-30-13-11-22-14-19(10-12-26-22)18-6-4-3-5-7-18/h3-10,15-16,22,26-27H,2,11-14,17H2,1H3. The predicted octanol–water partition coefficient (Wildman–Crippen LogP) is 5.41. The second-order valence-corrected chi connectivity index (χ2v) is 8.65. The van der Waals surface area contributed by atoms with E-state index in [4.69, 9.17) is 4.74 Å². The summed E-state index contributed by atoms with van der Waals surface area (Å²) >= 11 is 1.95. The van der Waals surface area contributed by atoms with Crippen molar-refractivity contribution in [1.29, 1.82) is 0 Å². The molecule has 0 spiro atoms. The van der Waals surface area contributed by atoms with Crippen LogP contribution in [0.3, 0.4) is 0 Å². The van der Waals surface area contributed by atoms with Crippen molar-refractivity contribution in [2.75, 3.05) is 18.9 Å². The molecule has 1 aliphatic rings. The zero-order valence-electron chi connectivity index (χ0n) is 17.3. The van der Waals surface area contributed by atoms with Crippen LogP contribution in [0.15, 0.2) is 60.8 Å². The van der Waals surface area contributed by atoms with Crippen molar-refractivity contribution in [1.82, 2.24) is 10.3 Å². The van der Waals surface area contributed by atoms with Gasteiger partial charge in [-0.25, -0.2) is 4.79 Å². The molecule has 0 saturated heterocycles. The van der Waals surface area contributed by atoms with Crippen molar-refractivity contribution in [2.24, 2.45) is 0 Å². The van der Waals surface area contributed by atoms with Gasteiger partial charge in [0.15, 0.2) is 0 Å². The Morgan fingerprint density at radius 1 is 1.20 bits per heavy atom. The minimum Gasteiger partial charge on any atom is -0.462 e. The molecule has 4 rings (SSSR count). The largest absolute Gasteiger partial charge is 0.462 e. The van der Waals surface area contributed by atoms with E-state index < -0.39 is 0 Å². The lowest BCUT2D eigenvalue weighted by Gasteiger charge is -2.24. The number of carbonyl (C=O) groups is 1. The van der Waals surface area contributed by atoms with E-state index in [9.17, 15) is 4.79 Å². The molecule has 5 heteroatoms. The fourth-order valence-electron chi connectivity index (χ4n) is 3.91. The Balaban J connectivity index is 1.30. The zero-order valence-corrected chi connectivity index (χ0v) is 18.1. The van der Waals surface area contributed by atoms with Crippen LogP contribution in [0.1, 0.15) is 41.3 Å². The molecular formula is C25H28N2O2S. The molecular weight excluding hydrogens is 392 g/mol. The number of carbonyl (C=O) groups excluding carboxylic acids is 1. The molecule has 0 saturated carbocycles. The van der Waals surface area contributed by atoms with E-state index in [0.29, 0.717) is 18.2 Å². The number of hydrogen-bond acceptors (Lipinski definition) is 4. The Morgan fingerprint density at radius 2 is 2.07 bits per heavy atom. The second kappa shape index (κ2) is 10.0. The number of fused-ring (bicyclic) bond motifs is 1. The maximum Gasteiger partial charge on any atom is 0.338 e. The normalized spacial score (nSPS) is 16.4. The molecule has 30 heavy (non-hydrogen) atoms. The summed E-state index contributed by atoms with van der Waals surface area (Å²) in [5.41, 5.74) is 5.70. The summed E-state index contributed by atoms with van der Waals surface area (Å²) in [6.45, 7) is 3.16. The summed E-state index contributed by atoms with van der Waals surface area (Å²) in [5, 5.41) is 4.74. The number of benzene rings is 2. The van der Waals surface area contributed by atoms with Crippen LogP contribution >= 0.6 is 11.8 Å². The molecule has 156 valence electrons. The van der Waals surface area contributed by atoms with Crippen LogP contribution in [-0.4, -0.2) is 35.9 Å². The first-order valence-corrected chi connectivity index (χ1v) is 11.7. The zero-order chi connectivity index (χ0) is 20.8. The summed E-state index contributed by atoms with van der Waals surface area (Å²) in [7, 11) is 0. The van der Waals surface area contributed by atoms with Gasteiger partial charge in [0.2, 0.25) is 0 Å². The van der Waals surface area contributed by atoms with Crippen LogP contribution in [0.5, 0.6) is 0 Å². The molecule has 3 aromatic rings. The van der Waals surface area contributed by atoms with E-state index in [2.05, 4.69) is 52.9 Å². The molecule has 2 N–H and O–H groups in total. The molecule has 1 unspecified atom stereocenters. The molecule has 0 fully saturated rings. The van der Waals surface area contributed by atoms with Gasteiger partial charge in [0.05, 0.1) is 12.2 Å². The Morgan fingerprint density at radius 3 is 2.90 bits per heavy atom. The minimum absolute atomic E-state index is 0.259. The molecule has 0 bridgehead atoms. The molecule has 1 aliphatic heterocycles. The van der Waals surface area contributed by atoms with Gasteiger partial charge in [0.25, 0.3) is 0 Å². The summed E-state index contributed by atoms with van der Waals surface area (Å²) < 4.78 is 5.13. The average molecular weight is 421 g/mol. The van der Waals surface area contributed by atoms with E-state index in [-0.39, 0.29) is 5.97 Å². The number of esters is 1. The number of rotatable bonds is 8. The third-order valence-electron chi connectivity index (χ3n) is 5.51. The van der Waals surface area contributed by atoms with Gasteiger partial charge in [0.1, 0.15) is 0 Å². The fraction of sp³-hybridized carbons (Fsp3) is 0.320. The number of hydrogen-bond donors (Lipinski definition) is 2.